The van der Waals surface area contributed by atoms with Crippen LogP contribution < -0.4 is 10.1 Å². The highest BCUT2D eigenvalue weighted by Gasteiger charge is 2.51. The third-order valence-electron chi connectivity index (χ3n) is 6.07. The predicted molar refractivity (Wildman–Crippen MR) is 108 cm³/mol. The second-order valence-electron chi connectivity index (χ2n) is 8.26. The summed E-state index contributed by atoms with van der Waals surface area (Å²) < 4.78 is 28.9. The normalized spacial score (nSPS) is 27.8. The molecule has 9 nitrogen and oxygen atoms in total. The lowest BCUT2D eigenvalue weighted by molar-refractivity contribution is -0.140. The Balaban J connectivity index is 1.51. The minimum absolute atomic E-state index is 0.00969. The van der Waals surface area contributed by atoms with Gasteiger partial charge in [0.25, 0.3) is 5.91 Å². The van der Waals surface area contributed by atoms with Gasteiger partial charge in [-0.1, -0.05) is 12.1 Å². The van der Waals surface area contributed by atoms with Crippen LogP contribution in [0, 0.1) is 0 Å². The molecule has 162 valence electrons. The highest BCUT2D eigenvalue weighted by molar-refractivity contribution is 7.91. The average Bonchev–Trinajstić information content (AvgIpc) is 3.43. The van der Waals surface area contributed by atoms with Crippen molar-refractivity contribution < 1.29 is 27.5 Å². The molecule has 4 rings (SSSR count). The van der Waals surface area contributed by atoms with E-state index < -0.39 is 33.9 Å². The number of benzene rings is 1. The van der Waals surface area contributed by atoms with Crippen molar-refractivity contribution >= 4 is 27.7 Å². The fourth-order valence-corrected chi connectivity index (χ4v) is 5.94. The Morgan fingerprint density at radius 2 is 1.87 bits per heavy atom. The number of hydrogen-bond donors (Lipinski definition) is 1. The fraction of sp³-hybridized carbons (Fsp3) is 0.550. The van der Waals surface area contributed by atoms with Crippen LogP contribution in [0.4, 0.5) is 4.79 Å². The van der Waals surface area contributed by atoms with Crippen LogP contribution in [0.1, 0.15) is 31.7 Å². The van der Waals surface area contributed by atoms with E-state index in [1.54, 1.807) is 36.1 Å². The monoisotopic (exact) mass is 435 g/mol. The molecule has 1 saturated carbocycles. The first-order valence-corrected chi connectivity index (χ1v) is 11.8. The molecule has 2 atom stereocenters. The van der Waals surface area contributed by atoms with Gasteiger partial charge in [-0.2, -0.15) is 0 Å². The van der Waals surface area contributed by atoms with E-state index in [1.165, 1.54) is 7.11 Å². The molecular formula is C20H25N3O6S. The Morgan fingerprint density at radius 3 is 2.40 bits per heavy atom. The molecule has 4 amide bonds. The van der Waals surface area contributed by atoms with Crippen LogP contribution >= 0.6 is 0 Å². The van der Waals surface area contributed by atoms with Gasteiger partial charge < -0.3 is 15.0 Å². The summed E-state index contributed by atoms with van der Waals surface area (Å²) in [5.41, 5.74) is -0.706. The zero-order valence-corrected chi connectivity index (χ0v) is 17.8. The van der Waals surface area contributed by atoms with Gasteiger partial charge in [-0.05, 0) is 43.9 Å². The second kappa shape index (κ2) is 7.26. The lowest BCUT2D eigenvalue weighted by atomic mass is 9.92. The Morgan fingerprint density at radius 1 is 1.20 bits per heavy atom. The predicted octanol–water partition coefficient (Wildman–Crippen LogP) is 0.640. The first-order valence-electron chi connectivity index (χ1n) is 9.95. The van der Waals surface area contributed by atoms with Crippen LogP contribution in [0.15, 0.2) is 24.3 Å². The van der Waals surface area contributed by atoms with Crippen LogP contribution in [0.2, 0.25) is 0 Å². The van der Waals surface area contributed by atoms with Crippen LogP contribution in [-0.4, -0.2) is 73.3 Å². The summed E-state index contributed by atoms with van der Waals surface area (Å²) >= 11 is 0. The molecule has 0 bridgehead atoms. The van der Waals surface area contributed by atoms with Crippen LogP contribution in [0.5, 0.6) is 5.75 Å². The molecule has 1 aromatic carbocycles. The van der Waals surface area contributed by atoms with Gasteiger partial charge in [0, 0.05) is 12.1 Å². The van der Waals surface area contributed by atoms with Gasteiger partial charge in [0.05, 0.1) is 18.6 Å². The van der Waals surface area contributed by atoms with E-state index >= 15 is 0 Å². The molecule has 2 saturated heterocycles. The molecule has 0 aromatic heterocycles. The fourth-order valence-electron chi connectivity index (χ4n) is 4.23. The number of urea groups is 1. The molecule has 3 aliphatic rings. The molecule has 2 aliphatic heterocycles. The van der Waals surface area contributed by atoms with E-state index in [0.29, 0.717) is 17.7 Å². The van der Waals surface area contributed by atoms with Crippen molar-refractivity contribution in [2.24, 2.45) is 0 Å². The molecule has 1 aliphatic carbocycles. The topological polar surface area (TPSA) is 113 Å². The number of carbonyl (C=O) groups is 3. The van der Waals surface area contributed by atoms with Gasteiger partial charge in [0.1, 0.15) is 17.8 Å². The lowest BCUT2D eigenvalue weighted by Gasteiger charge is -2.30. The molecule has 30 heavy (non-hydrogen) atoms. The van der Waals surface area contributed by atoms with Gasteiger partial charge in [-0.15, -0.1) is 0 Å². The van der Waals surface area contributed by atoms with E-state index in [-0.39, 0.29) is 29.5 Å². The second-order valence-corrected chi connectivity index (χ2v) is 10.5. The maximum absolute atomic E-state index is 13.1. The van der Waals surface area contributed by atoms with Crippen LogP contribution in [-0.2, 0) is 25.0 Å². The average molecular weight is 436 g/mol. The van der Waals surface area contributed by atoms with E-state index in [0.717, 1.165) is 17.7 Å². The lowest BCUT2D eigenvalue weighted by Crippen LogP contribution is -2.49. The first-order chi connectivity index (χ1) is 14.1. The molecular weight excluding hydrogens is 410 g/mol. The number of nitrogens with one attached hydrogen (secondary N) is 1. The third kappa shape index (κ3) is 3.64. The van der Waals surface area contributed by atoms with Crippen LogP contribution in [0.25, 0.3) is 0 Å². The standard InChI is InChI=1S/C20H25N3O6S/c1-20(13-3-7-16(29-2)8-4-13)18(25)22(19(26)21-20)11-17(24)23(14-5-6-14)15-9-10-30(27,28)12-15/h3-4,7-8,14-15H,5-6,9-12H2,1-2H3,(H,21,26)/t15-,20-/m1/s1. The van der Waals surface area contributed by atoms with Gasteiger partial charge in [0.2, 0.25) is 5.91 Å². The van der Waals surface area contributed by atoms with Crippen molar-refractivity contribution in [1.29, 1.82) is 0 Å². The Bertz CT molecular complexity index is 988. The smallest absolute Gasteiger partial charge is 0.325 e. The van der Waals surface area contributed by atoms with E-state index in [4.69, 9.17) is 4.74 Å². The van der Waals surface area contributed by atoms with Crippen molar-refractivity contribution in [3.8, 4) is 5.75 Å². The molecule has 10 heteroatoms. The van der Waals surface area contributed by atoms with Gasteiger partial charge in [-0.3, -0.25) is 14.5 Å². The summed E-state index contributed by atoms with van der Waals surface area (Å²) in [5, 5.41) is 2.69. The van der Waals surface area contributed by atoms with Crippen molar-refractivity contribution in [3.63, 3.8) is 0 Å². The highest BCUT2D eigenvalue weighted by Crippen LogP contribution is 2.34. The summed E-state index contributed by atoms with van der Waals surface area (Å²) in [6, 6.07) is 5.76. The third-order valence-corrected chi connectivity index (χ3v) is 7.82. The maximum Gasteiger partial charge on any atom is 0.325 e. The zero-order chi connectivity index (χ0) is 21.7. The number of imide groups is 1. The molecule has 0 spiro atoms. The minimum Gasteiger partial charge on any atom is -0.497 e. The molecule has 1 aromatic rings. The molecule has 0 radical (unpaired) electrons. The largest absolute Gasteiger partial charge is 0.497 e. The highest BCUT2D eigenvalue weighted by atomic mass is 32.2. The van der Waals surface area contributed by atoms with Crippen molar-refractivity contribution in [2.75, 3.05) is 25.2 Å². The van der Waals surface area contributed by atoms with Gasteiger partial charge in [-0.25, -0.2) is 13.2 Å². The van der Waals surface area contributed by atoms with E-state index in [1.807, 2.05) is 0 Å². The van der Waals surface area contributed by atoms with Crippen molar-refractivity contribution in [1.82, 2.24) is 15.1 Å². The Labute approximate surface area is 175 Å². The summed E-state index contributed by atoms with van der Waals surface area (Å²) in [6.45, 7) is 1.20. The summed E-state index contributed by atoms with van der Waals surface area (Å²) in [5.74, 6) is -0.271. The number of sulfone groups is 1. The van der Waals surface area contributed by atoms with E-state index in [2.05, 4.69) is 5.32 Å². The number of methoxy groups -OCH3 is 1. The molecule has 1 N–H and O–H groups in total. The zero-order valence-electron chi connectivity index (χ0n) is 17.0. The maximum atomic E-state index is 13.1. The van der Waals surface area contributed by atoms with Gasteiger partial charge >= 0.3 is 6.03 Å². The number of rotatable bonds is 6. The van der Waals surface area contributed by atoms with Crippen molar-refractivity contribution in [3.05, 3.63) is 29.8 Å². The number of ether oxygens (including phenoxy) is 1. The first kappa shape index (κ1) is 20.6. The number of amides is 4. The van der Waals surface area contributed by atoms with Gasteiger partial charge in [0.15, 0.2) is 9.84 Å². The summed E-state index contributed by atoms with van der Waals surface area (Å²) in [4.78, 5) is 41.2. The number of hydrogen-bond acceptors (Lipinski definition) is 6. The van der Waals surface area contributed by atoms with Crippen molar-refractivity contribution in [2.45, 2.75) is 43.8 Å². The quantitative estimate of drug-likeness (QED) is 0.656. The number of carbonyl (C=O) groups excluding carboxylic acids is 3. The summed E-state index contributed by atoms with van der Waals surface area (Å²) in [7, 11) is -1.62. The van der Waals surface area contributed by atoms with Crippen LogP contribution in [0.3, 0.4) is 0 Å². The Hall–Kier alpha value is -2.62. The molecule has 0 unspecified atom stereocenters. The van der Waals surface area contributed by atoms with E-state index in [9.17, 15) is 22.8 Å². The SMILES string of the molecule is COc1ccc([C@@]2(C)NC(=O)N(CC(=O)N(C3CC3)[C@@H]3CCS(=O)(=O)C3)C2=O)cc1. The molecule has 3 fully saturated rings. The molecule has 2 heterocycles. The number of nitrogens with zero attached hydrogens (tertiary/aromatic N) is 2. The minimum atomic E-state index is -3.15. The Kier molecular flexibility index (Phi) is 5.00. The summed E-state index contributed by atoms with van der Waals surface area (Å²) in [6.07, 6.45) is 2.02.